The second-order valence-corrected chi connectivity index (χ2v) is 6.43. The number of hydrogen-bond donors (Lipinski definition) is 0. The van der Waals surface area contributed by atoms with Crippen molar-refractivity contribution in [3.63, 3.8) is 0 Å². The topological polar surface area (TPSA) is 73.0 Å². The zero-order valence-electron chi connectivity index (χ0n) is 13.2. The number of likely N-dealkylation sites (tertiary alicyclic amines) is 1. The largest absolute Gasteiger partial charge is 0.341 e. The number of aromatic nitrogens is 4. The molecule has 1 amide bonds. The van der Waals surface area contributed by atoms with Crippen molar-refractivity contribution in [3.8, 4) is 0 Å². The molecule has 1 aliphatic heterocycles. The predicted molar refractivity (Wildman–Crippen MR) is 82.3 cm³/mol. The molecule has 2 unspecified atom stereocenters. The van der Waals surface area contributed by atoms with E-state index in [-0.39, 0.29) is 18.0 Å². The van der Waals surface area contributed by atoms with E-state index in [4.69, 9.17) is 0 Å². The Hall–Kier alpha value is -2.18. The van der Waals surface area contributed by atoms with Gasteiger partial charge in [-0.3, -0.25) is 18.8 Å². The highest BCUT2D eigenvalue weighted by Gasteiger charge is 2.25. The summed E-state index contributed by atoms with van der Waals surface area (Å²) in [5.74, 6) is 0.984. The molecule has 1 saturated heterocycles. The van der Waals surface area contributed by atoms with Gasteiger partial charge in [0.2, 0.25) is 5.91 Å². The van der Waals surface area contributed by atoms with E-state index in [2.05, 4.69) is 23.9 Å². The molecule has 0 bridgehead atoms. The van der Waals surface area contributed by atoms with Crippen LogP contribution in [0.5, 0.6) is 0 Å². The Balaban J connectivity index is 1.82. The SMILES string of the molecule is CC1CC(C)CN(C(=O)Cn2cnc3c(cnn3C)c2=O)C1. The van der Waals surface area contributed by atoms with Gasteiger partial charge in [0.25, 0.3) is 5.56 Å². The third-order valence-corrected chi connectivity index (χ3v) is 4.25. The monoisotopic (exact) mass is 303 g/mol. The molecule has 2 aromatic heterocycles. The molecule has 7 nitrogen and oxygen atoms in total. The maximum Gasteiger partial charge on any atom is 0.264 e. The summed E-state index contributed by atoms with van der Waals surface area (Å²) in [5, 5.41) is 4.47. The van der Waals surface area contributed by atoms with Gasteiger partial charge in [-0.05, 0) is 18.3 Å². The summed E-state index contributed by atoms with van der Waals surface area (Å²) < 4.78 is 2.92. The Morgan fingerprint density at radius 1 is 1.32 bits per heavy atom. The summed E-state index contributed by atoms with van der Waals surface area (Å²) in [6.07, 6.45) is 4.07. The summed E-state index contributed by atoms with van der Waals surface area (Å²) in [4.78, 5) is 30.9. The molecule has 1 aliphatic rings. The zero-order chi connectivity index (χ0) is 15.9. The standard InChI is InChI=1S/C15H21N5O2/c1-10-4-11(2)7-19(6-10)13(21)8-20-9-16-14-12(15(20)22)5-17-18(14)3/h5,9-11H,4,6-8H2,1-3H3. The lowest BCUT2D eigenvalue weighted by atomic mass is 9.92. The van der Waals surface area contributed by atoms with Crippen molar-refractivity contribution >= 4 is 16.9 Å². The van der Waals surface area contributed by atoms with E-state index in [0.29, 0.717) is 22.9 Å². The number of carbonyl (C=O) groups excluding carboxylic acids is 1. The highest BCUT2D eigenvalue weighted by atomic mass is 16.2. The molecule has 2 atom stereocenters. The van der Waals surface area contributed by atoms with Crippen LogP contribution < -0.4 is 5.56 Å². The van der Waals surface area contributed by atoms with Crippen molar-refractivity contribution in [2.45, 2.75) is 26.8 Å². The Morgan fingerprint density at radius 3 is 2.68 bits per heavy atom. The Bertz CT molecular complexity index is 753. The molecule has 118 valence electrons. The maximum atomic E-state index is 12.5. The fourth-order valence-electron chi connectivity index (χ4n) is 3.29. The zero-order valence-corrected chi connectivity index (χ0v) is 13.2. The van der Waals surface area contributed by atoms with E-state index in [9.17, 15) is 9.59 Å². The van der Waals surface area contributed by atoms with Gasteiger partial charge in [0.1, 0.15) is 18.3 Å². The fraction of sp³-hybridized carbons (Fsp3) is 0.600. The number of piperidine rings is 1. The first-order chi connectivity index (χ1) is 10.5. The van der Waals surface area contributed by atoms with Crippen LogP contribution in [0.25, 0.3) is 11.0 Å². The van der Waals surface area contributed by atoms with Crippen LogP contribution in [0.2, 0.25) is 0 Å². The number of amides is 1. The maximum absolute atomic E-state index is 12.5. The molecule has 2 aromatic rings. The fourth-order valence-corrected chi connectivity index (χ4v) is 3.29. The molecule has 0 N–H and O–H groups in total. The molecular formula is C15H21N5O2. The highest BCUT2D eigenvalue weighted by Crippen LogP contribution is 2.21. The van der Waals surface area contributed by atoms with Crippen LogP contribution in [0.4, 0.5) is 0 Å². The van der Waals surface area contributed by atoms with Crippen molar-refractivity contribution in [2.75, 3.05) is 13.1 Å². The third-order valence-electron chi connectivity index (χ3n) is 4.25. The van der Waals surface area contributed by atoms with Crippen LogP contribution in [0.3, 0.4) is 0 Å². The molecule has 3 rings (SSSR count). The number of nitrogens with zero attached hydrogens (tertiary/aromatic N) is 5. The number of rotatable bonds is 2. The van der Waals surface area contributed by atoms with Crippen molar-refractivity contribution in [1.82, 2.24) is 24.2 Å². The van der Waals surface area contributed by atoms with Gasteiger partial charge >= 0.3 is 0 Å². The molecule has 0 aromatic carbocycles. The first-order valence-electron chi connectivity index (χ1n) is 7.60. The summed E-state index contributed by atoms with van der Waals surface area (Å²) in [6, 6.07) is 0. The molecule has 0 radical (unpaired) electrons. The van der Waals surface area contributed by atoms with Gasteiger partial charge in [-0.2, -0.15) is 5.10 Å². The lowest BCUT2D eigenvalue weighted by Crippen LogP contribution is -2.44. The van der Waals surface area contributed by atoms with E-state index in [0.717, 1.165) is 19.5 Å². The Kier molecular flexibility index (Phi) is 3.72. The summed E-state index contributed by atoms with van der Waals surface area (Å²) in [5.41, 5.74) is 0.318. The van der Waals surface area contributed by atoms with Crippen molar-refractivity contribution in [1.29, 1.82) is 0 Å². The van der Waals surface area contributed by atoms with Gasteiger partial charge in [-0.1, -0.05) is 13.8 Å². The van der Waals surface area contributed by atoms with Crippen LogP contribution in [0.1, 0.15) is 20.3 Å². The first kappa shape index (κ1) is 14.7. The molecule has 0 aliphatic carbocycles. The average molecular weight is 303 g/mol. The van der Waals surface area contributed by atoms with Gasteiger partial charge in [-0.25, -0.2) is 4.98 Å². The number of aryl methyl sites for hydroxylation is 1. The normalized spacial score (nSPS) is 22.2. The van der Waals surface area contributed by atoms with Crippen molar-refractivity contribution < 1.29 is 4.79 Å². The summed E-state index contributed by atoms with van der Waals surface area (Å²) >= 11 is 0. The van der Waals surface area contributed by atoms with Crippen LogP contribution in [0, 0.1) is 11.8 Å². The lowest BCUT2D eigenvalue weighted by molar-refractivity contribution is -0.134. The highest BCUT2D eigenvalue weighted by molar-refractivity contribution is 5.77. The van der Waals surface area contributed by atoms with E-state index < -0.39 is 0 Å². The summed E-state index contributed by atoms with van der Waals surface area (Å²) in [6.45, 7) is 5.88. The van der Waals surface area contributed by atoms with E-state index >= 15 is 0 Å². The van der Waals surface area contributed by atoms with Crippen molar-refractivity contribution in [3.05, 3.63) is 22.9 Å². The lowest BCUT2D eigenvalue weighted by Gasteiger charge is -2.35. The van der Waals surface area contributed by atoms with Gasteiger partial charge in [0.15, 0.2) is 5.65 Å². The van der Waals surface area contributed by atoms with Gasteiger partial charge in [0, 0.05) is 20.1 Å². The van der Waals surface area contributed by atoms with E-state index in [1.807, 2.05) is 4.90 Å². The molecule has 0 saturated carbocycles. The number of hydrogen-bond acceptors (Lipinski definition) is 4. The molecule has 3 heterocycles. The first-order valence-corrected chi connectivity index (χ1v) is 7.60. The second kappa shape index (κ2) is 5.55. The molecule has 0 spiro atoms. The van der Waals surface area contributed by atoms with Crippen LogP contribution in [-0.2, 0) is 18.4 Å². The minimum Gasteiger partial charge on any atom is -0.341 e. The van der Waals surface area contributed by atoms with Gasteiger partial charge in [-0.15, -0.1) is 0 Å². The average Bonchev–Trinajstić information content (AvgIpc) is 2.83. The van der Waals surface area contributed by atoms with Crippen LogP contribution in [0.15, 0.2) is 17.3 Å². The quantitative estimate of drug-likeness (QED) is 0.816. The Labute approximate surface area is 128 Å². The molecular weight excluding hydrogens is 282 g/mol. The smallest absolute Gasteiger partial charge is 0.264 e. The van der Waals surface area contributed by atoms with E-state index in [1.54, 1.807) is 11.7 Å². The predicted octanol–water partition coefficient (Wildman–Crippen LogP) is 0.635. The number of fused-ring (bicyclic) bond motifs is 1. The third kappa shape index (κ3) is 2.63. The second-order valence-electron chi connectivity index (χ2n) is 6.43. The molecule has 1 fully saturated rings. The van der Waals surface area contributed by atoms with Gasteiger partial charge in [0.05, 0.1) is 6.20 Å². The minimum absolute atomic E-state index is 0.0226. The van der Waals surface area contributed by atoms with Gasteiger partial charge < -0.3 is 4.90 Å². The molecule has 7 heteroatoms. The van der Waals surface area contributed by atoms with Crippen LogP contribution in [-0.4, -0.2) is 43.2 Å². The Morgan fingerprint density at radius 2 is 2.00 bits per heavy atom. The number of carbonyl (C=O) groups is 1. The molecule has 22 heavy (non-hydrogen) atoms. The summed E-state index contributed by atoms with van der Waals surface area (Å²) in [7, 11) is 1.74. The van der Waals surface area contributed by atoms with Crippen LogP contribution >= 0.6 is 0 Å². The minimum atomic E-state index is -0.218. The van der Waals surface area contributed by atoms with Crippen molar-refractivity contribution in [2.24, 2.45) is 18.9 Å². The van der Waals surface area contributed by atoms with E-state index in [1.165, 1.54) is 17.1 Å².